The van der Waals surface area contributed by atoms with E-state index < -0.39 is 10.0 Å². The predicted molar refractivity (Wildman–Crippen MR) is 128 cm³/mol. The van der Waals surface area contributed by atoms with Crippen molar-refractivity contribution < 1.29 is 18.1 Å². The number of nitrogens with one attached hydrogen (secondary N) is 1. The molecule has 0 amide bonds. The molecule has 8 heteroatoms. The van der Waals surface area contributed by atoms with Crippen LogP contribution in [0.25, 0.3) is 11.1 Å². The average molecular weight is 473 g/mol. The Morgan fingerprint density at radius 3 is 2.61 bits per heavy atom. The number of pyridine rings is 1. The fourth-order valence-electron chi connectivity index (χ4n) is 5.76. The van der Waals surface area contributed by atoms with E-state index in [1.54, 1.807) is 4.31 Å². The summed E-state index contributed by atoms with van der Waals surface area (Å²) in [5.74, 6) is 0.461. The number of piperidine rings is 1. The topological polar surface area (TPSA) is 73.1 Å². The van der Waals surface area contributed by atoms with Crippen molar-refractivity contribution in [3.63, 3.8) is 0 Å². The SMILES string of the molecule is CCCS(=O)(=O)N1C[C@@H]2C[C@H](C1)c1ccc(-c3ccccc3C[NH+]3CCOCC3)c(=O)n1C2. The highest BCUT2D eigenvalue weighted by Crippen LogP contribution is 2.37. The standard InChI is InChI=1S/C25H33N3O4S/c1-2-13-33(30,31)27-15-19-14-21(18-27)24-8-7-23(25(29)28(24)16-19)22-6-4-3-5-20(22)17-26-9-11-32-12-10-26/h3-8,19,21H,2,9-18H2,1H3/p+1/t19-,21+/m0/s1. The molecular formula is C25H34N3O4S+. The predicted octanol–water partition coefficient (Wildman–Crippen LogP) is 1.09. The van der Waals surface area contributed by atoms with Crippen molar-refractivity contribution >= 4 is 10.0 Å². The molecule has 1 aromatic carbocycles. The van der Waals surface area contributed by atoms with Crippen molar-refractivity contribution in [1.29, 1.82) is 0 Å². The third-order valence-corrected chi connectivity index (χ3v) is 9.38. The molecule has 33 heavy (non-hydrogen) atoms. The molecule has 178 valence electrons. The molecule has 1 N–H and O–H groups in total. The van der Waals surface area contributed by atoms with Crippen molar-refractivity contribution in [3.05, 3.63) is 58.0 Å². The Hall–Kier alpha value is -2.00. The normalized spacial score (nSPS) is 23.9. The van der Waals surface area contributed by atoms with Crippen LogP contribution in [0.4, 0.5) is 0 Å². The number of nitrogens with zero attached hydrogens (tertiary/aromatic N) is 2. The Bertz CT molecular complexity index is 1170. The second kappa shape index (κ2) is 9.33. The van der Waals surface area contributed by atoms with Crippen LogP contribution in [0.1, 0.15) is 36.9 Å². The molecule has 2 fully saturated rings. The van der Waals surface area contributed by atoms with Gasteiger partial charge in [0.1, 0.15) is 19.6 Å². The average Bonchev–Trinajstić information content (AvgIpc) is 2.81. The van der Waals surface area contributed by atoms with Crippen molar-refractivity contribution in [1.82, 2.24) is 8.87 Å². The van der Waals surface area contributed by atoms with Crippen molar-refractivity contribution in [3.8, 4) is 11.1 Å². The molecule has 1 aromatic heterocycles. The number of morpholine rings is 1. The van der Waals surface area contributed by atoms with Crippen molar-refractivity contribution in [2.24, 2.45) is 5.92 Å². The number of fused-ring (bicyclic) bond motifs is 4. The van der Waals surface area contributed by atoms with Gasteiger partial charge in [0.05, 0.1) is 19.0 Å². The summed E-state index contributed by atoms with van der Waals surface area (Å²) in [7, 11) is -3.22. The van der Waals surface area contributed by atoms with E-state index in [0.29, 0.717) is 26.1 Å². The van der Waals surface area contributed by atoms with Crippen LogP contribution in [0, 0.1) is 5.92 Å². The van der Waals surface area contributed by atoms with Gasteiger partial charge in [-0.15, -0.1) is 0 Å². The van der Waals surface area contributed by atoms with Crippen LogP contribution in [0.3, 0.4) is 0 Å². The Balaban J connectivity index is 1.46. The highest BCUT2D eigenvalue weighted by molar-refractivity contribution is 7.89. The van der Waals surface area contributed by atoms with Gasteiger partial charge in [-0.25, -0.2) is 12.7 Å². The Morgan fingerprint density at radius 1 is 1.03 bits per heavy atom. The highest BCUT2D eigenvalue weighted by Gasteiger charge is 2.39. The number of quaternary nitrogens is 1. The van der Waals surface area contributed by atoms with E-state index in [4.69, 9.17) is 4.74 Å². The fraction of sp³-hybridized carbons (Fsp3) is 0.560. The number of benzene rings is 1. The lowest BCUT2D eigenvalue weighted by Gasteiger charge is -2.42. The van der Waals surface area contributed by atoms with Gasteiger partial charge in [-0.1, -0.05) is 31.2 Å². The molecule has 0 radical (unpaired) electrons. The van der Waals surface area contributed by atoms with Crippen LogP contribution in [-0.4, -0.2) is 62.4 Å². The molecule has 7 nitrogen and oxygen atoms in total. The highest BCUT2D eigenvalue weighted by atomic mass is 32.2. The zero-order valence-electron chi connectivity index (χ0n) is 19.3. The first-order chi connectivity index (χ1) is 16.0. The minimum atomic E-state index is -3.22. The maximum atomic E-state index is 13.7. The first-order valence-corrected chi connectivity index (χ1v) is 13.8. The van der Waals surface area contributed by atoms with Crippen LogP contribution in [0.15, 0.2) is 41.2 Å². The lowest BCUT2D eigenvalue weighted by Crippen LogP contribution is -3.12. The number of hydrogen-bond acceptors (Lipinski definition) is 4. The summed E-state index contributed by atoms with van der Waals surface area (Å²) in [6.45, 7) is 7.91. The largest absolute Gasteiger partial charge is 0.370 e. The monoisotopic (exact) mass is 472 g/mol. The number of hydrogen-bond donors (Lipinski definition) is 1. The molecule has 2 bridgehead atoms. The van der Waals surface area contributed by atoms with Gasteiger partial charge in [0.25, 0.3) is 5.56 Å². The zero-order valence-corrected chi connectivity index (χ0v) is 20.1. The first-order valence-electron chi connectivity index (χ1n) is 12.2. The molecule has 3 aliphatic heterocycles. The van der Waals surface area contributed by atoms with E-state index in [0.717, 1.165) is 56.1 Å². The van der Waals surface area contributed by atoms with Gasteiger partial charge in [-0.2, -0.15) is 0 Å². The minimum absolute atomic E-state index is 0.0523. The van der Waals surface area contributed by atoms with Crippen LogP contribution >= 0.6 is 0 Å². The van der Waals surface area contributed by atoms with E-state index in [2.05, 4.69) is 18.2 Å². The zero-order chi connectivity index (χ0) is 23.0. The number of aromatic nitrogens is 1. The Morgan fingerprint density at radius 2 is 1.82 bits per heavy atom. The van der Waals surface area contributed by atoms with E-state index in [-0.39, 0.29) is 23.1 Å². The third kappa shape index (κ3) is 4.54. The van der Waals surface area contributed by atoms with E-state index in [9.17, 15) is 13.2 Å². The van der Waals surface area contributed by atoms with Gasteiger partial charge in [0.2, 0.25) is 10.0 Å². The smallest absolute Gasteiger partial charge is 0.258 e. The molecule has 2 aromatic rings. The van der Waals surface area contributed by atoms with Gasteiger partial charge in [0.15, 0.2) is 0 Å². The molecule has 2 saturated heterocycles. The quantitative estimate of drug-likeness (QED) is 0.683. The Labute approximate surface area is 196 Å². The summed E-state index contributed by atoms with van der Waals surface area (Å²) in [6.07, 6.45) is 1.58. The second-order valence-electron chi connectivity index (χ2n) is 9.72. The van der Waals surface area contributed by atoms with Gasteiger partial charge >= 0.3 is 0 Å². The van der Waals surface area contributed by atoms with E-state index in [1.165, 1.54) is 10.5 Å². The number of rotatable bonds is 6. The molecule has 4 heterocycles. The number of ether oxygens (including phenoxy) is 1. The minimum Gasteiger partial charge on any atom is -0.370 e. The molecule has 0 spiro atoms. The number of sulfonamides is 1. The molecule has 0 aliphatic carbocycles. The van der Waals surface area contributed by atoms with Crippen molar-refractivity contribution in [2.45, 2.75) is 38.8 Å². The summed E-state index contributed by atoms with van der Waals surface area (Å²) in [5.41, 5.74) is 3.99. The van der Waals surface area contributed by atoms with E-state index >= 15 is 0 Å². The summed E-state index contributed by atoms with van der Waals surface area (Å²) < 4.78 is 34.5. The molecule has 5 rings (SSSR count). The van der Waals surface area contributed by atoms with Crippen LogP contribution in [0.2, 0.25) is 0 Å². The van der Waals surface area contributed by atoms with E-state index in [1.807, 2.05) is 29.7 Å². The van der Waals surface area contributed by atoms with Crippen LogP contribution in [0.5, 0.6) is 0 Å². The summed E-state index contributed by atoms with van der Waals surface area (Å²) >= 11 is 0. The van der Waals surface area contributed by atoms with Crippen LogP contribution < -0.4 is 10.5 Å². The first kappa shape index (κ1) is 22.8. The lowest BCUT2D eigenvalue weighted by atomic mass is 9.83. The Kier molecular flexibility index (Phi) is 6.44. The summed E-state index contributed by atoms with van der Waals surface area (Å²) in [4.78, 5) is 15.2. The second-order valence-corrected chi connectivity index (χ2v) is 11.8. The van der Waals surface area contributed by atoms with Gasteiger partial charge in [-0.05, 0) is 36.5 Å². The summed E-state index contributed by atoms with van der Waals surface area (Å²) in [5, 5.41) is 0. The fourth-order valence-corrected chi connectivity index (χ4v) is 7.38. The van der Waals surface area contributed by atoms with Gasteiger partial charge in [0, 0.05) is 42.4 Å². The van der Waals surface area contributed by atoms with Crippen molar-refractivity contribution in [2.75, 3.05) is 45.1 Å². The lowest BCUT2D eigenvalue weighted by molar-refractivity contribution is -0.921. The molecule has 0 saturated carbocycles. The maximum Gasteiger partial charge on any atom is 0.258 e. The molecular weight excluding hydrogens is 438 g/mol. The van der Waals surface area contributed by atoms with Gasteiger partial charge < -0.3 is 14.2 Å². The molecule has 0 unspecified atom stereocenters. The van der Waals surface area contributed by atoms with Crippen LogP contribution in [-0.2, 0) is 27.8 Å². The molecule has 2 atom stereocenters. The van der Waals surface area contributed by atoms with Gasteiger partial charge in [-0.3, -0.25) is 4.79 Å². The summed E-state index contributed by atoms with van der Waals surface area (Å²) in [6, 6.07) is 12.3. The molecule has 3 aliphatic rings. The maximum absolute atomic E-state index is 13.7. The third-order valence-electron chi connectivity index (χ3n) is 7.37.